The highest BCUT2D eigenvalue weighted by atomic mass is 16.4. The molecular formula is C15H25N3O3. The lowest BCUT2D eigenvalue weighted by molar-refractivity contribution is -0.138. The Morgan fingerprint density at radius 3 is 2.57 bits per heavy atom. The van der Waals surface area contributed by atoms with E-state index in [1.54, 1.807) is 4.90 Å². The van der Waals surface area contributed by atoms with Crippen LogP contribution < -0.4 is 5.32 Å². The molecule has 2 atom stereocenters. The monoisotopic (exact) mass is 295 g/mol. The van der Waals surface area contributed by atoms with Gasteiger partial charge in [0.1, 0.15) is 6.54 Å². The molecule has 1 aliphatic carbocycles. The lowest BCUT2D eigenvalue weighted by atomic mass is 10.1. The molecule has 3 rings (SSSR count). The van der Waals surface area contributed by atoms with Gasteiger partial charge in [-0.15, -0.1) is 0 Å². The number of amides is 2. The average Bonchev–Trinajstić information content (AvgIpc) is 3.14. The molecule has 2 saturated heterocycles. The summed E-state index contributed by atoms with van der Waals surface area (Å²) < 4.78 is 0. The van der Waals surface area contributed by atoms with Crippen molar-refractivity contribution in [2.24, 2.45) is 0 Å². The highest BCUT2D eigenvalue weighted by molar-refractivity contribution is 5.80. The van der Waals surface area contributed by atoms with Gasteiger partial charge < -0.3 is 15.3 Å². The van der Waals surface area contributed by atoms with Gasteiger partial charge >= 0.3 is 12.0 Å². The number of carbonyl (C=O) groups is 2. The number of hydrogen-bond acceptors (Lipinski definition) is 3. The summed E-state index contributed by atoms with van der Waals surface area (Å²) in [6, 6.07) is 0.576. The Morgan fingerprint density at radius 2 is 1.86 bits per heavy atom. The van der Waals surface area contributed by atoms with Crippen molar-refractivity contribution in [1.29, 1.82) is 0 Å². The molecule has 3 aliphatic rings. The lowest BCUT2D eigenvalue weighted by Gasteiger charge is -2.30. The zero-order valence-electron chi connectivity index (χ0n) is 12.5. The average molecular weight is 295 g/mol. The van der Waals surface area contributed by atoms with Gasteiger partial charge in [0.15, 0.2) is 0 Å². The molecule has 0 radical (unpaired) electrons. The van der Waals surface area contributed by atoms with Crippen LogP contribution in [0.25, 0.3) is 0 Å². The Hall–Kier alpha value is -1.30. The van der Waals surface area contributed by atoms with Crippen molar-refractivity contribution in [3.63, 3.8) is 0 Å². The van der Waals surface area contributed by atoms with Crippen LogP contribution in [-0.4, -0.2) is 64.7 Å². The fraction of sp³-hybridized carbons (Fsp3) is 0.867. The van der Waals surface area contributed by atoms with Crippen LogP contribution in [0.3, 0.4) is 0 Å². The highest BCUT2D eigenvalue weighted by Gasteiger charge is 2.39. The first-order valence-electron chi connectivity index (χ1n) is 8.18. The third-order valence-electron chi connectivity index (χ3n) is 5.25. The molecule has 2 unspecified atom stereocenters. The number of aliphatic carboxylic acids is 1. The predicted octanol–water partition coefficient (Wildman–Crippen LogP) is 1.26. The summed E-state index contributed by atoms with van der Waals surface area (Å²) >= 11 is 0. The van der Waals surface area contributed by atoms with E-state index in [0.717, 1.165) is 51.6 Å². The summed E-state index contributed by atoms with van der Waals surface area (Å²) in [6.07, 6.45) is 7.39. The van der Waals surface area contributed by atoms with Gasteiger partial charge in [0.2, 0.25) is 0 Å². The maximum atomic E-state index is 12.5. The Bertz CT molecular complexity index is 409. The first kappa shape index (κ1) is 14.6. The van der Waals surface area contributed by atoms with Crippen LogP contribution >= 0.6 is 0 Å². The van der Waals surface area contributed by atoms with Gasteiger partial charge in [0, 0.05) is 24.7 Å². The number of nitrogens with one attached hydrogen (secondary N) is 1. The van der Waals surface area contributed by atoms with Crippen molar-refractivity contribution in [2.75, 3.05) is 19.6 Å². The molecule has 2 amide bonds. The summed E-state index contributed by atoms with van der Waals surface area (Å²) in [4.78, 5) is 27.6. The number of hydrogen-bond donors (Lipinski definition) is 2. The van der Waals surface area contributed by atoms with Gasteiger partial charge in [0.25, 0.3) is 0 Å². The summed E-state index contributed by atoms with van der Waals surface area (Å²) in [6.45, 7) is 2.01. The van der Waals surface area contributed by atoms with E-state index in [1.165, 1.54) is 6.42 Å². The lowest BCUT2D eigenvalue weighted by Crippen LogP contribution is -2.52. The molecule has 6 nitrogen and oxygen atoms in total. The van der Waals surface area contributed by atoms with Crippen LogP contribution in [-0.2, 0) is 4.79 Å². The Morgan fingerprint density at radius 1 is 1.10 bits per heavy atom. The van der Waals surface area contributed by atoms with Crippen molar-refractivity contribution in [3.8, 4) is 0 Å². The number of carbonyl (C=O) groups excluding carboxylic acids is 1. The number of rotatable bonds is 4. The van der Waals surface area contributed by atoms with Crippen LogP contribution in [0.2, 0.25) is 0 Å². The van der Waals surface area contributed by atoms with Crippen molar-refractivity contribution in [1.82, 2.24) is 15.1 Å². The van der Waals surface area contributed by atoms with E-state index >= 15 is 0 Å². The molecule has 0 bridgehead atoms. The van der Waals surface area contributed by atoms with E-state index in [-0.39, 0.29) is 24.7 Å². The van der Waals surface area contributed by atoms with E-state index < -0.39 is 5.97 Å². The molecule has 6 heteroatoms. The summed E-state index contributed by atoms with van der Waals surface area (Å²) in [7, 11) is 0. The maximum absolute atomic E-state index is 12.5. The minimum atomic E-state index is -0.925. The summed E-state index contributed by atoms with van der Waals surface area (Å²) in [5.74, 6) is -0.925. The molecule has 0 spiro atoms. The van der Waals surface area contributed by atoms with Gasteiger partial charge in [-0.3, -0.25) is 9.69 Å². The molecule has 118 valence electrons. The fourth-order valence-electron chi connectivity index (χ4n) is 4.22. The molecule has 0 aromatic rings. The van der Waals surface area contributed by atoms with Gasteiger partial charge in [-0.2, -0.15) is 0 Å². The number of urea groups is 1. The van der Waals surface area contributed by atoms with E-state index in [1.807, 2.05) is 0 Å². The van der Waals surface area contributed by atoms with E-state index in [9.17, 15) is 9.59 Å². The standard InChI is InChI=1S/C15H25N3O3/c19-14(20)10-18(11-4-1-2-5-11)15(21)16-12-7-9-17-8-3-6-13(12)17/h11-13H,1-10H2,(H,16,21)(H,19,20). The summed E-state index contributed by atoms with van der Waals surface area (Å²) in [5.41, 5.74) is 0. The van der Waals surface area contributed by atoms with Crippen LogP contribution in [0.15, 0.2) is 0 Å². The van der Waals surface area contributed by atoms with Gasteiger partial charge in [-0.1, -0.05) is 12.8 Å². The van der Waals surface area contributed by atoms with E-state index in [2.05, 4.69) is 10.2 Å². The number of carboxylic acids is 1. The molecule has 2 N–H and O–H groups in total. The van der Waals surface area contributed by atoms with Crippen LogP contribution in [0, 0.1) is 0 Å². The Labute approximate surface area is 125 Å². The maximum Gasteiger partial charge on any atom is 0.323 e. The Kier molecular flexibility index (Phi) is 4.33. The molecule has 1 saturated carbocycles. The third kappa shape index (κ3) is 3.15. The van der Waals surface area contributed by atoms with Crippen LogP contribution in [0.5, 0.6) is 0 Å². The minimum Gasteiger partial charge on any atom is -0.480 e. The third-order valence-corrected chi connectivity index (χ3v) is 5.25. The highest BCUT2D eigenvalue weighted by Crippen LogP contribution is 2.29. The molecule has 0 aromatic heterocycles. The van der Waals surface area contributed by atoms with Gasteiger partial charge in [0.05, 0.1) is 0 Å². The molecule has 2 aliphatic heterocycles. The van der Waals surface area contributed by atoms with E-state index in [0.29, 0.717) is 6.04 Å². The van der Waals surface area contributed by atoms with Gasteiger partial charge in [-0.25, -0.2) is 4.79 Å². The quantitative estimate of drug-likeness (QED) is 0.819. The number of nitrogens with zero attached hydrogens (tertiary/aromatic N) is 2. The number of fused-ring (bicyclic) bond motifs is 1. The second-order valence-corrected chi connectivity index (χ2v) is 6.55. The number of carboxylic acid groups (broad SMARTS) is 1. The van der Waals surface area contributed by atoms with Crippen molar-refractivity contribution in [3.05, 3.63) is 0 Å². The first-order valence-corrected chi connectivity index (χ1v) is 8.18. The van der Waals surface area contributed by atoms with Crippen LogP contribution in [0.4, 0.5) is 4.79 Å². The van der Waals surface area contributed by atoms with Crippen LogP contribution in [0.1, 0.15) is 44.9 Å². The normalized spacial score (nSPS) is 29.5. The molecule has 0 aromatic carbocycles. The van der Waals surface area contributed by atoms with Crippen molar-refractivity contribution in [2.45, 2.75) is 63.1 Å². The van der Waals surface area contributed by atoms with Crippen molar-refractivity contribution < 1.29 is 14.7 Å². The molecule has 3 fully saturated rings. The summed E-state index contributed by atoms with van der Waals surface area (Å²) in [5, 5.41) is 12.2. The van der Waals surface area contributed by atoms with Crippen molar-refractivity contribution >= 4 is 12.0 Å². The van der Waals surface area contributed by atoms with Gasteiger partial charge in [-0.05, 0) is 38.6 Å². The zero-order chi connectivity index (χ0) is 14.8. The molecular weight excluding hydrogens is 270 g/mol. The first-order chi connectivity index (χ1) is 10.1. The smallest absolute Gasteiger partial charge is 0.323 e. The molecule has 21 heavy (non-hydrogen) atoms. The predicted molar refractivity (Wildman–Crippen MR) is 78.1 cm³/mol. The largest absolute Gasteiger partial charge is 0.480 e. The second kappa shape index (κ2) is 6.22. The second-order valence-electron chi connectivity index (χ2n) is 6.55. The zero-order valence-corrected chi connectivity index (χ0v) is 12.5. The molecule has 2 heterocycles. The minimum absolute atomic E-state index is 0.0992. The Balaban J connectivity index is 1.61. The SMILES string of the molecule is O=C(O)CN(C(=O)NC1CCN2CCCC12)C1CCCC1. The van der Waals surface area contributed by atoms with E-state index in [4.69, 9.17) is 5.11 Å². The topological polar surface area (TPSA) is 72.9 Å². The fourth-order valence-corrected chi connectivity index (χ4v) is 4.22.